The van der Waals surface area contributed by atoms with Crippen molar-refractivity contribution >= 4 is 28.9 Å². The molecule has 1 aromatic carbocycles. The van der Waals surface area contributed by atoms with Gasteiger partial charge in [0.05, 0.1) is 0 Å². The van der Waals surface area contributed by atoms with E-state index in [1.54, 1.807) is 12.1 Å². The van der Waals surface area contributed by atoms with Gasteiger partial charge in [0, 0.05) is 24.5 Å². The summed E-state index contributed by atoms with van der Waals surface area (Å²) < 4.78 is 0. The summed E-state index contributed by atoms with van der Waals surface area (Å²) in [4.78, 5) is 14.4. The lowest BCUT2D eigenvalue weighted by Crippen LogP contribution is -2.29. The summed E-state index contributed by atoms with van der Waals surface area (Å²) in [6.07, 6.45) is 3.80. The van der Waals surface area contributed by atoms with Gasteiger partial charge >= 0.3 is 0 Å². The zero-order valence-corrected chi connectivity index (χ0v) is 12.9. The maximum Gasteiger partial charge on any atom is 0.276 e. The Kier molecular flexibility index (Phi) is 4.53. The van der Waals surface area contributed by atoms with Crippen molar-refractivity contribution in [1.82, 2.24) is 10.2 Å². The topological polar surface area (TPSA) is 58.1 Å². The van der Waals surface area contributed by atoms with Crippen molar-refractivity contribution in [3.63, 3.8) is 0 Å². The standard InChI is InChI=1S/C16H17ClN4O/c17-15-9-8-14(19-20-15)16(22)18-12-4-6-13(7-5-12)21-10-2-1-3-11-21/h4-9H,1-3,10-11H2,(H,18,22). The highest BCUT2D eigenvalue weighted by Crippen LogP contribution is 2.22. The number of piperidine rings is 1. The van der Waals surface area contributed by atoms with E-state index in [1.165, 1.54) is 24.9 Å². The number of benzene rings is 1. The van der Waals surface area contributed by atoms with E-state index in [0.29, 0.717) is 0 Å². The number of nitrogens with zero attached hydrogens (tertiary/aromatic N) is 3. The van der Waals surface area contributed by atoms with E-state index in [0.717, 1.165) is 18.8 Å². The van der Waals surface area contributed by atoms with E-state index in [-0.39, 0.29) is 16.8 Å². The molecule has 0 bridgehead atoms. The summed E-state index contributed by atoms with van der Waals surface area (Å²) in [7, 11) is 0. The summed E-state index contributed by atoms with van der Waals surface area (Å²) >= 11 is 5.66. The van der Waals surface area contributed by atoms with Gasteiger partial charge < -0.3 is 10.2 Å². The highest BCUT2D eigenvalue weighted by molar-refractivity contribution is 6.29. The van der Waals surface area contributed by atoms with Crippen molar-refractivity contribution in [3.8, 4) is 0 Å². The molecule has 114 valence electrons. The first kappa shape index (κ1) is 14.8. The molecule has 1 fully saturated rings. The Morgan fingerprint density at radius 3 is 2.36 bits per heavy atom. The maximum atomic E-state index is 12.0. The molecule has 2 aromatic rings. The van der Waals surface area contributed by atoms with E-state index in [2.05, 4.69) is 20.4 Å². The van der Waals surface area contributed by atoms with Crippen molar-refractivity contribution in [2.24, 2.45) is 0 Å². The monoisotopic (exact) mass is 316 g/mol. The molecule has 1 saturated heterocycles. The summed E-state index contributed by atoms with van der Waals surface area (Å²) in [5, 5.41) is 10.5. The van der Waals surface area contributed by atoms with Crippen molar-refractivity contribution in [1.29, 1.82) is 0 Å². The average Bonchev–Trinajstić information content (AvgIpc) is 2.57. The Labute approximate surface area is 134 Å². The molecule has 0 spiro atoms. The highest BCUT2D eigenvalue weighted by atomic mass is 35.5. The van der Waals surface area contributed by atoms with Gasteiger partial charge in [-0.3, -0.25) is 4.79 Å². The van der Waals surface area contributed by atoms with Crippen LogP contribution in [0, 0.1) is 0 Å². The minimum absolute atomic E-state index is 0.240. The number of carbonyl (C=O) groups is 1. The van der Waals surface area contributed by atoms with Gasteiger partial charge in [-0.25, -0.2) is 0 Å². The van der Waals surface area contributed by atoms with Crippen LogP contribution in [0.3, 0.4) is 0 Å². The van der Waals surface area contributed by atoms with Crippen LogP contribution in [0.15, 0.2) is 36.4 Å². The second-order valence-corrected chi connectivity index (χ2v) is 5.68. The predicted molar refractivity (Wildman–Crippen MR) is 87.5 cm³/mol. The lowest BCUT2D eigenvalue weighted by molar-refractivity contribution is 0.102. The molecule has 0 radical (unpaired) electrons. The number of anilines is 2. The Morgan fingerprint density at radius 2 is 1.73 bits per heavy atom. The summed E-state index contributed by atoms with van der Waals surface area (Å²) in [6.45, 7) is 2.21. The molecule has 6 heteroatoms. The van der Waals surface area contributed by atoms with E-state index < -0.39 is 0 Å². The van der Waals surface area contributed by atoms with Crippen LogP contribution in [0.25, 0.3) is 0 Å². The molecule has 1 aliphatic rings. The second-order valence-electron chi connectivity index (χ2n) is 5.29. The molecular formula is C16H17ClN4O. The molecule has 3 rings (SSSR count). The van der Waals surface area contributed by atoms with E-state index in [1.807, 2.05) is 24.3 Å². The summed E-state index contributed by atoms with van der Waals surface area (Å²) in [5.74, 6) is -0.296. The predicted octanol–water partition coefficient (Wildman–Crippen LogP) is 3.37. The number of amides is 1. The van der Waals surface area contributed by atoms with Crippen molar-refractivity contribution < 1.29 is 4.79 Å². The minimum atomic E-state index is -0.296. The molecule has 0 unspecified atom stereocenters. The third kappa shape index (κ3) is 3.54. The summed E-state index contributed by atoms with van der Waals surface area (Å²) in [6, 6.07) is 11.0. The van der Waals surface area contributed by atoms with Crippen molar-refractivity contribution in [2.75, 3.05) is 23.3 Å². The largest absolute Gasteiger partial charge is 0.372 e. The van der Waals surface area contributed by atoms with E-state index in [4.69, 9.17) is 11.6 Å². The van der Waals surface area contributed by atoms with Crippen LogP contribution in [-0.4, -0.2) is 29.2 Å². The Hall–Kier alpha value is -2.14. The van der Waals surface area contributed by atoms with Gasteiger partial charge in [0.2, 0.25) is 0 Å². The molecular weight excluding hydrogens is 300 g/mol. The SMILES string of the molecule is O=C(Nc1ccc(N2CCCCC2)cc1)c1ccc(Cl)nn1. The quantitative estimate of drug-likeness (QED) is 0.943. The normalized spacial score (nSPS) is 14.7. The van der Waals surface area contributed by atoms with Gasteiger partial charge in [0.25, 0.3) is 5.91 Å². The summed E-state index contributed by atoms with van der Waals surface area (Å²) in [5.41, 5.74) is 2.18. The molecule has 22 heavy (non-hydrogen) atoms. The van der Waals surface area contributed by atoms with Crippen LogP contribution in [0.2, 0.25) is 5.15 Å². The smallest absolute Gasteiger partial charge is 0.276 e. The number of halogens is 1. The number of hydrogen-bond acceptors (Lipinski definition) is 4. The first-order valence-electron chi connectivity index (χ1n) is 7.38. The van der Waals surface area contributed by atoms with E-state index >= 15 is 0 Å². The number of rotatable bonds is 3. The highest BCUT2D eigenvalue weighted by Gasteiger charge is 2.12. The second kappa shape index (κ2) is 6.75. The zero-order valence-electron chi connectivity index (χ0n) is 12.1. The molecule has 0 saturated carbocycles. The minimum Gasteiger partial charge on any atom is -0.372 e. The fraction of sp³-hybridized carbons (Fsp3) is 0.312. The molecule has 0 atom stereocenters. The third-order valence-corrected chi connectivity index (χ3v) is 3.91. The number of carbonyl (C=O) groups excluding carboxylic acids is 1. The van der Waals surface area contributed by atoms with Crippen molar-refractivity contribution in [2.45, 2.75) is 19.3 Å². The van der Waals surface area contributed by atoms with Gasteiger partial charge in [0.1, 0.15) is 0 Å². The first-order chi connectivity index (χ1) is 10.7. The van der Waals surface area contributed by atoms with Gasteiger partial charge in [-0.1, -0.05) is 11.6 Å². The Morgan fingerprint density at radius 1 is 1.00 bits per heavy atom. The fourth-order valence-corrected chi connectivity index (χ4v) is 2.64. The molecule has 1 amide bonds. The lowest BCUT2D eigenvalue weighted by atomic mass is 10.1. The van der Waals surface area contributed by atoms with Crippen LogP contribution in [0.1, 0.15) is 29.8 Å². The van der Waals surface area contributed by atoms with Gasteiger partial charge in [-0.2, -0.15) is 0 Å². The molecule has 0 aliphatic carbocycles. The number of aromatic nitrogens is 2. The molecule has 2 heterocycles. The molecule has 1 aliphatic heterocycles. The first-order valence-corrected chi connectivity index (χ1v) is 7.76. The van der Waals surface area contributed by atoms with Crippen LogP contribution in [0.4, 0.5) is 11.4 Å². The number of nitrogens with one attached hydrogen (secondary N) is 1. The molecule has 1 aromatic heterocycles. The Bertz CT molecular complexity index is 636. The Balaban J connectivity index is 1.65. The molecule has 1 N–H and O–H groups in total. The van der Waals surface area contributed by atoms with Crippen LogP contribution in [0.5, 0.6) is 0 Å². The third-order valence-electron chi connectivity index (χ3n) is 3.71. The van der Waals surface area contributed by atoms with Crippen molar-refractivity contribution in [3.05, 3.63) is 47.2 Å². The van der Waals surface area contributed by atoms with Crippen LogP contribution in [-0.2, 0) is 0 Å². The van der Waals surface area contributed by atoms with Crippen LogP contribution < -0.4 is 10.2 Å². The van der Waals surface area contributed by atoms with Gasteiger partial charge in [0.15, 0.2) is 10.8 Å². The van der Waals surface area contributed by atoms with Gasteiger partial charge in [-0.05, 0) is 55.7 Å². The maximum absolute atomic E-state index is 12.0. The van der Waals surface area contributed by atoms with Gasteiger partial charge in [-0.15, -0.1) is 10.2 Å². The fourth-order valence-electron chi connectivity index (χ4n) is 2.54. The van der Waals surface area contributed by atoms with Crippen LogP contribution >= 0.6 is 11.6 Å². The number of hydrogen-bond donors (Lipinski definition) is 1. The molecule has 5 nitrogen and oxygen atoms in total. The lowest BCUT2D eigenvalue weighted by Gasteiger charge is -2.28. The average molecular weight is 317 g/mol. The van der Waals surface area contributed by atoms with E-state index in [9.17, 15) is 4.79 Å². The zero-order chi connectivity index (χ0) is 15.4.